The van der Waals surface area contributed by atoms with Crippen molar-refractivity contribution < 1.29 is 35.5 Å². The summed E-state index contributed by atoms with van der Waals surface area (Å²) in [6.45, 7) is -0.535. The van der Waals surface area contributed by atoms with Crippen molar-refractivity contribution in [2.24, 2.45) is 0 Å². The molecule has 0 aliphatic heterocycles. The van der Waals surface area contributed by atoms with E-state index in [2.05, 4.69) is 4.72 Å². The van der Waals surface area contributed by atoms with E-state index in [1.807, 2.05) is 0 Å². The second-order valence-electron chi connectivity index (χ2n) is 5.15. The monoisotopic (exact) mass is 393 g/mol. The third-order valence-corrected chi connectivity index (χ3v) is 4.92. The molecule has 5 nitrogen and oxygen atoms in total. The van der Waals surface area contributed by atoms with Gasteiger partial charge in [0.1, 0.15) is 22.2 Å². The summed E-state index contributed by atoms with van der Waals surface area (Å²) in [4.78, 5) is -0.244. The Hall–Kier alpha value is -2.33. The van der Waals surface area contributed by atoms with E-state index < -0.39 is 34.1 Å². The molecule has 0 unspecified atom stereocenters. The van der Waals surface area contributed by atoms with E-state index in [1.54, 1.807) is 0 Å². The maximum Gasteiger partial charge on any atom is 0.416 e. The zero-order chi connectivity index (χ0) is 19.5. The molecule has 0 bridgehead atoms. The lowest BCUT2D eigenvalue weighted by molar-refractivity contribution is -0.137. The van der Waals surface area contributed by atoms with E-state index in [-0.39, 0.29) is 22.0 Å². The normalized spacial score (nSPS) is 12.1. The van der Waals surface area contributed by atoms with Crippen LogP contribution in [-0.4, -0.2) is 22.6 Å². The van der Waals surface area contributed by atoms with E-state index in [9.17, 15) is 26.0 Å². The second-order valence-corrected chi connectivity index (χ2v) is 6.88. The number of hydrogen-bond acceptors (Lipinski definition) is 4. The molecule has 2 aromatic rings. The van der Waals surface area contributed by atoms with E-state index in [4.69, 9.17) is 9.47 Å². The van der Waals surface area contributed by atoms with Crippen LogP contribution < -0.4 is 14.2 Å². The SMILES string of the molecule is COc1ccc(OC)c(S(=O)(=O)NCc2ccc(C(F)(F)F)cc2F)c1. The van der Waals surface area contributed by atoms with Crippen LogP contribution in [0.15, 0.2) is 41.3 Å². The van der Waals surface area contributed by atoms with Crippen molar-refractivity contribution >= 4 is 10.0 Å². The van der Waals surface area contributed by atoms with Crippen molar-refractivity contribution in [3.63, 3.8) is 0 Å². The van der Waals surface area contributed by atoms with Gasteiger partial charge in [0.2, 0.25) is 10.0 Å². The average molecular weight is 393 g/mol. The number of rotatable bonds is 6. The summed E-state index contributed by atoms with van der Waals surface area (Å²) in [6, 6.07) is 5.96. The smallest absolute Gasteiger partial charge is 0.416 e. The highest BCUT2D eigenvalue weighted by molar-refractivity contribution is 7.89. The van der Waals surface area contributed by atoms with Crippen LogP contribution in [0.4, 0.5) is 17.6 Å². The van der Waals surface area contributed by atoms with Gasteiger partial charge in [-0.2, -0.15) is 13.2 Å². The Kier molecular flexibility index (Phi) is 5.77. The minimum atomic E-state index is -4.69. The number of sulfonamides is 1. The van der Waals surface area contributed by atoms with Crippen molar-refractivity contribution in [3.8, 4) is 11.5 Å². The quantitative estimate of drug-likeness (QED) is 0.765. The number of methoxy groups -OCH3 is 2. The molecule has 0 saturated carbocycles. The maximum absolute atomic E-state index is 13.8. The topological polar surface area (TPSA) is 64.6 Å². The number of halogens is 4. The van der Waals surface area contributed by atoms with Crippen LogP contribution in [0.2, 0.25) is 0 Å². The highest BCUT2D eigenvalue weighted by Gasteiger charge is 2.31. The Labute approximate surface area is 147 Å². The van der Waals surface area contributed by atoms with E-state index in [0.717, 1.165) is 6.07 Å². The summed E-state index contributed by atoms with van der Waals surface area (Å²) in [7, 11) is -1.51. The number of benzene rings is 2. The first-order valence-corrected chi connectivity index (χ1v) is 8.64. The van der Waals surface area contributed by atoms with E-state index >= 15 is 0 Å². The van der Waals surface area contributed by atoms with Gasteiger partial charge in [-0.25, -0.2) is 17.5 Å². The van der Waals surface area contributed by atoms with Gasteiger partial charge in [-0.3, -0.25) is 0 Å². The van der Waals surface area contributed by atoms with Gasteiger partial charge in [0.25, 0.3) is 0 Å². The number of hydrogen-bond donors (Lipinski definition) is 1. The van der Waals surface area contributed by atoms with Crippen molar-refractivity contribution in [2.75, 3.05) is 14.2 Å². The van der Waals surface area contributed by atoms with Gasteiger partial charge in [-0.15, -0.1) is 0 Å². The lowest BCUT2D eigenvalue weighted by Gasteiger charge is -2.13. The molecule has 0 aromatic heterocycles. The third kappa shape index (κ3) is 4.44. The van der Waals surface area contributed by atoms with Crippen molar-refractivity contribution in [1.82, 2.24) is 4.72 Å². The molecule has 10 heteroatoms. The molecule has 1 N–H and O–H groups in total. The molecule has 0 amide bonds. The molecule has 0 fully saturated rings. The van der Waals surface area contributed by atoms with Gasteiger partial charge in [-0.05, 0) is 24.3 Å². The van der Waals surface area contributed by atoms with Gasteiger partial charge >= 0.3 is 6.18 Å². The predicted molar refractivity (Wildman–Crippen MR) is 85.0 cm³/mol. The Morgan fingerprint density at radius 2 is 1.73 bits per heavy atom. The van der Waals surface area contributed by atoms with Gasteiger partial charge in [0, 0.05) is 18.2 Å². The molecule has 2 aromatic carbocycles. The highest BCUT2D eigenvalue weighted by atomic mass is 32.2. The van der Waals surface area contributed by atoms with Gasteiger partial charge in [-0.1, -0.05) is 6.07 Å². The fraction of sp³-hybridized carbons (Fsp3) is 0.250. The van der Waals surface area contributed by atoms with Crippen molar-refractivity contribution in [2.45, 2.75) is 17.6 Å². The molecule has 0 radical (unpaired) electrons. The van der Waals surface area contributed by atoms with Crippen molar-refractivity contribution in [1.29, 1.82) is 0 Å². The molecule has 0 spiro atoms. The minimum absolute atomic E-state index is 0.0335. The minimum Gasteiger partial charge on any atom is -0.497 e. The standard InChI is InChI=1S/C16H15F4NO4S/c1-24-12-5-6-14(25-2)15(8-12)26(22,23)21-9-10-3-4-11(7-13(10)17)16(18,19)20/h3-8,21H,9H2,1-2H3. The highest BCUT2D eigenvalue weighted by Crippen LogP contribution is 2.31. The second kappa shape index (κ2) is 7.50. The van der Waals surface area contributed by atoms with Gasteiger partial charge < -0.3 is 9.47 Å². The zero-order valence-corrected chi connectivity index (χ0v) is 14.5. The molecule has 0 saturated heterocycles. The Morgan fingerprint density at radius 3 is 2.27 bits per heavy atom. The summed E-state index contributed by atoms with van der Waals surface area (Å²) in [5.41, 5.74) is -1.39. The Balaban J connectivity index is 2.26. The van der Waals surface area contributed by atoms with Crippen molar-refractivity contribution in [3.05, 3.63) is 53.3 Å². The Morgan fingerprint density at radius 1 is 1.04 bits per heavy atom. The average Bonchev–Trinajstić information content (AvgIpc) is 2.59. The fourth-order valence-electron chi connectivity index (χ4n) is 2.11. The van der Waals surface area contributed by atoms with Crippen LogP contribution in [0.1, 0.15) is 11.1 Å². The van der Waals surface area contributed by atoms with Crippen LogP contribution in [0, 0.1) is 5.82 Å². The molecule has 0 aliphatic carbocycles. The number of alkyl halides is 3. The summed E-state index contributed by atoms with van der Waals surface area (Å²) in [5.74, 6) is -0.877. The first-order valence-electron chi connectivity index (χ1n) is 7.16. The molecule has 0 atom stereocenters. The Bertz CT molecular complexity index is 898. The summed E-state index contributed by atoms with van der Waals surface area (Å²) in [5, 5.41) is 0. The van der Waals surface area contributed by atoms with Crippen LogP contribution in [0.5, 0.6) is 11.5 Å². The lowest BCUT2D eigenvalue weighted by atomic mass is 10.1. The maximum atomic E-state index is 13.8. The summed E-state index contributed by atoms with van der Waals surface area (Å²) in [6.07, 6.45) is -4.69. The molecule has 26 heavy (non-hydrogen) atoms. The van der Waals surface area contributed by atoms with Crippen LogP contribution in [-0.2, 0) is 22.7 Å². The fourth-order valence-corrected chi connectivity index (χ4v) is 3.30. The van der Waals surface area contributed by atoms with Gasteiger partial charge in [0.05, 0.1) is 19.8 Å². The summed E-state index contributed by atoms with van der Waals surface area (Å²) < 4.78 is 88.4. The number of nitrogens with one attached hydrogen (secondary N) is 1. The zero-order valence-electron chi connectivity index (χ0n) is 13.7. The van der Waals surface area contributed by atoms with Crippen LogP contribution in [0.25, 0.3) is 0 Å². The van der Waals surface area contributed by atoms with E-state index in [0.29, 0.717) is 12.1 Å². The molecule has 0 heterocycles. The van der Waals surface area contributed by atoms with E-state index in [1.165, 1.54) is 32.4 Å². The van der Waals surface area contributed by atoms with Gasteiger partial charge in [0.15, 0.2) is 0 Å². The molecular weight excluding hydrogens is 378 g/mol. The molecule has 2 rings (SSSR count). The molecule has 142 valence electrons. The van der Waals surface area contributed by atoms with Crippen LogP contribution in [0.3, 0.4) is 0 Å². The van der Waals surface area contributed by atoms with Crippen LogP contribution >= 0.6 is 0 Å². The third-order valence-electron chi connectivity index (χ3n) is 3.49. The first-order chi connectivity index (χ1) is 12.1. The summed E-state index contributed by atoms with van der Waals surface area (Å²) >= 11 is 0. The first kappa shape index (κ1) is 20.0. The predicted octanol–water partition coefficient (Wildman–Crippen LogP) is 3.34. The molecule has 0 aliphatic rings. The largest absolute Gasteiger partial charge is 0.497 e. The molecular formula is C16H15F4NO4S. The lowest BCUT2D eigenvalue weighted by Crippen LogP contribution is -2.24. The number of ether oxygens (including phenoxy) is 2.